The van der Waals surface area contributed by atoms with Crippen molar-refractivity contribution in [3.8, 4) is 0 Å². The summed E-state index contributed by atoms with van der Waals surface area (Å²) in [6, 6.07) is 38.6. The molecule has 0 saturated heterocycles. The molecule has 5 nitrogen and oxygen atoms in total. The molecule has 6 heteroatoms. The van der Waals surface area contributed by atoms with Crippen LogP contribution in [-0.2, 0) is 5.41 Å². The smallest absolute Gasteiger partial charge is 0.159 e. The van der Waals surface area contributed by atoms with Crippen molar-refractivity contribution in [3.05, 3.63) is 156 Å². The van der Waals surface area contributed by atoms with E-state index in [4.69, 9.17) is 9.40 Å². The summed E-state index contributed by atoms with van der Waals surface area (Å²) in [7, 11) is 0. The van der Waals surface area contributed by atoms with E-state index in [-0.39, 0.29) is 5.41 Å². The van der Waals surface area contributed by atoms with Crippen LogP contribution in [0.15, 0.2) is 138 Å². The summed E-state index contributed by atoms with van der Waals surface area (Å²) in [6.45, 7) is 4.45. The molecule has 4 aromatic heterocycles. The Labute approximate surface area is 275 Å². The van der Waals surface area contributed by atoms with Gasteiger partial charge in [-0.3, -0.25) is 9.30 Å². The minimum Gasteiger partial charge on any atom is -0.454 e. The van der Waals surface area contributed by atoms with Crippen molar-refractivity contribution < 1.29 is 8.81 Å². The van der Waals surface area contributed by atoms with Crippen LogP contribution < -0.4 is 4.90 Å². The van der Waals surface area contributed by atoms with Gasteiger partial charge in [-0.1, -0.05) is 92.7 Å². The van der Waals surface area contributed by atoms with Crippen molar-refractivity contribution >= 4 is 66.5 Å². The SMILES string of the molecule is CC1(C)c2ccc(C(F)c3ccc4c5ccccc5n5ccnc5c4c3)cc2N(c2ccccn2)c2c1ccc1c2oc2ccccc21. The van der Waals surface area contributed by atoms with Crippen molar-refractivity contribution in [1.29, 1.82) is 0 Å². The van der Waals surface area contributed by atoms with Crippen molar-refractivity contribution in [2.45, 2.75) is 25.4 Å². The van der Waals surface area contributed by atoms with Gasteiger partial charge in [0.1, 0.15) is 17.0 Å². The minimum atomic E-state index is -1.36. The fourth-order valence-electron chi connectivity index (χ4n) is 7.85. The Bertz CT molecular complexity index is 2740. The first-order valence-electron chi connectivity index (χ1n) is 16.2. The number of aromatic nitrogens is 3. The molecular weight excluding hydrogens is 595 g/mol. The average Bonchev–Trinajstić information content (AvgIpc) is 3.78. The first-order chi connectivity index (χ1) is 23.5. The van der Waals surface area contributed by atoms with Crippen molar-refractivity contribution in [2.75, 3.05) is 4.90 Å². The number of hydrogen-bond acceptors (Lipinski definition) is 4. The Balaban J connectivity index is 1.18. The van der Waals surface area contributed by atoms with Gasteiger partial charge in [-0.05, 0) is 64.0 Å². The molecule has 0 saturated carbocycles. The van der Waals surface area contributed by atoms with Crippen LogP contribution >= 0.6 is 0 Å². The maximum absolute atomic E-state index is 16.9. The zero-order valence-corrected chi connectivity index (χ0v) is 26.4. The fourth-order valence-corrected chi connectivity index (χ4v) is 7.85. The molecule has 1 aliphatic rings. The predicted molar refractivity (Wildman–Crippen MR) is 191 cm³/mol. The number of alkyl halides is 1. The van der Waals surface area contributed by atoms with Gasteiger partial charge in [0.15, 0.2) is 11.8 Å². The van der Waals surface area contributed by atoms with Gasteiger partial charge in [0.25, 0.3) is 0 Å². The maximum Gasteiger partial charge on any atom is 0.159 e. The number of pyridine rings is 2. The normalized spacial score (nSPS) is 14.6. The molecule has 0 aliphatic carbocycles. The van der Waals surface area contributed by atoms with Crippen LogP contribution in [0.4, 0.5) is 21.6 Å². The number of benzene rings is 5. The predicted octanol–water partition coefficient (Wildman–Crippen LogP) is 11.1. The summed E-state index contributed by atoms with van der Waals surface area (Å²) in [5.74, 6) is 0.746. The van der Waals surface area contributed by atoms with Crippen LogP contribution in [0, 0.1) is 0 Å². The summed E-state index contributed by atoms with van der Waals surface area (Å²) >= 11 is 0. The van der Waals surface area contributed by atoms with Crippen LogP contribution in [0.3, 0.4) is 0 Å². The van der Waals surface area contributed by atoms with Gasteiger partial charge in [0.2, 0.25) is 0 Å². The Morgan fingerprint density at radius 3 is 2.29 bits per heavy atom. The number of furan rings is 1. The molecule has 10 rings (SSSR count). The Kier molecular flexibility index (Phi) is 5.51. The van der Waals surface area contributed by atoms with Crippen molar-refractivity contribution in [1.82, 2.24) is 14.4 Å². The Morgan fingerprint density at radius 1 is 0.667 bits per heavy atom. The molecule has 0 spiro atoms. The standard InChI is InChI=1S/C42H29FN4O/c1-42(2)32-18-15-26(38(43)25-14-16-27-28-9-3-5-11-34(28)46-22-21-45-41(46)31(27)23-25)24-35(32)47(37-13-7-8-20-44-37)39-33(42)19-17-30-29-10-4-6-12-36(29)48-40(30)39/h3-24,38H,1-2H3. The topological polar surface area (TPSA) is 46.6 Å². The van der Waals surface area contributed by atoms with Gasteiger partial charge in [0.05, 0.1) is 16.9 Å². The first kappa shape index (κ1) is 27.1. The van der Waals surface area contributed by atoms with E-state index in [1.165, 1.54) is 0 Å². The Morgan fingerprint density at radius 2 is 1.42 bits per heavy atom. The zero-order valence-electron chi connectivity index (χ0n) is 26.4. The van der Waals surface area contributed by atoms with Gasteiger partial charge in [0, 0.05) is 45.6 Å². The van der Waals surface area contributed by atoms with Gasteiger partial charge >= 0.3 is 0 Å². The highest BCUT2D eigenvalue weighted by molar-refractivity contribution is 6.13. The molecule has 1 aliphatic heterocycles. The number of fused-ring (bicyclic) bond motifs is 12. The number of nitrogens with zero attached hydrogens (tertiary/aromatic N) is 4. The van der Waals surface area contributed by atoms with Gasteiger partial charge in [-0.2, -0.15) is 0 Å². The monoisotopic (exact) mass is 624 g/mol. The molecule has 48 heavy (non-hydrogen) atoms. The highest BCUT2D eigenvalue weighted by atomic mass is 19.1. The van der Waals surface area contributed by atoms with E-state index < -0.39 is 6.17 Å². The number of halogens is 1. The van der Waals surface area contributed by atoms with E-state index in [0.717, 1.165) is 77.6 Å². The number of rotatable bonds is 3. The van der Waals surface area contributed by atoms with Crippen LogP contribution in [0.25, 0.3) is 49.3 Å². The first-order valence-corrected chi connectivity index (χ1v) is 16.2. The second-order valence-corrected chi connectivity index (χ2v) is 13.2. The van der Waals surface area contributed by atoms with Crippen LogP contribution in [0.2, 0.25) is 0 Å². The van der Waals surface area contributed by atoms with E-state index >= 15 is 4.39 Å². The molecule has 1 atom stereocenters. The van der Waals surface area contributed by atoms with Crippen LogP contribution in [-0.4, -0.2) is 14.4 Å². The lowest BCUT2D eigenvalue weighted by Crippen LogP contribution is -2.31. The van der Waals surface area contributed by atoms with E-state index in [9.17, 15) is 0 Å². The average molecular weight is 625 g/mol. The molecule has 0 amide bonds. The molecule has 230 valence electrons. The number of imidazole rings is 1. The largest absolute Gasteiger partial charge is 0.454 e. The molecule has 0 fully saturated rings. The zero-order chi connectivity index (χ0) is 32.1. The molecule has 0 N–H and O–H groups in total. The Hall–Kier alpha value is -6.01. The lowest BCUT2D eigenvalue weighted by Gasteiger charge is -2.41. The van der Waals surface area contributed by atoms with E-state index in [2.05, 4.69) is 64.5 Å². The molecule has 0 bridgehead atoms. The third-order valence-electron chi connectivity index (χ3n) is 10.2. The third kappa shape index (κ3) is 3.65. The molecule has 0 radical (unpaired) electrons. The molecule has 5 aromatic carbocycles. The third-order valence-corrected chi connectivity index (χ3v) is 10.2. The lowest BCUT2D eigenvalue weighted by atomic mass is 9.73. The quantitative estimate of drug-likeness (QED) is 0.184. The van der Waals surface area contributed by atoms with Gasteiger partial charge in [-0.25, -0.2) is 14.4 Å². The molecule has 1 unspecified atom stereocenters. The minimum absolute atomic E-state index is 0.385. The maximum atomic E-state index is 16.9. The second kappa shape index (κ2) is 9.75. The van der Waals surface area contributed by atoms with Crippen LogP contribution in [0.1, 0.15) is 42.3 Å². The second-order valence-electron chi connectivity index (χ2n) is 13.2. The van der Waals surface area contributed by atoms with Crippen molar-refractivity contribution in [3.63, 3.8) is 0 Å². The highest BCUT2D eigenvalue weighted by Crippen LogP contribution is 2.55. The highest BCUT2D eigenvalue weighted by Gasteiger charge is 2.40. The van der Waals surface area contributed by atoms with Gasteiger partial charge < -0.3 is 4.42 Å². The molecule has 5 heterocycles. The van der Waals surface area contributed by atoms with E-state index in [1.807, 2.05) is 85.1 Å². The molecular formula is C42H29FN4O. The number of anilines is 3. The number of hydrogen-bond donors (Lipinski definition) is 0. The number of para-hydroxylation sites is 2. The summed E-state index contributed by atoms with van der Waals surface area (Å²) < 4.78 is 25.6. The fraction of sp³-hybridized carbons (Fsp3) is 0.0952. The van der Waals surface area contributed by atoms with E-state index in [1.54, 1.807) is 12.4 Å². The van der Waals surface area contributed by atoms with Gasteiger partial charge in [-0.15, -0.1) is 0 Å². The summed E-state index contributed by atoms with van der Waals surface area (Å²) in [5.41, 5.74) is 8.35. The summed E-state index contributed by atoms with van der Waals surface area (Å²) in [6.07, 6.45) is 4.20. The van der Waals surface area contributed by atoms with E-state index in [0.29, 0.717) is 11.1 Å². The summed E-state index contributed by atoms with van der Waals surface area (Å²) in [5, 5.41) is 5.19. The lowest BCUT2D eigenvalue weighted by molar-refractivity contribution is 0.402. The van der Waals surface area contributed by atoms with Crippen LogP contribution in [0.5, 0.6) is 0 Å². The van der Waals surface area contributed by atoms with Crippen molar-refractivity contribution in [2.24, 2.45) is 0 Å². The summed E-state index contributed by atoms with van der Waals surface area (Å²) in [4.78, 5) is 11.6. The molecule has 9 aromatic rings.